The van der Waals surface area contributed by atoms with E-state index < -0.39 is 5.97 Å². The lowest BCUT2D eigenvalue weighted by atomic mass is 9.96. The summed E-state index contributed by atoms with van der Waals surface area (Å²) in [6.07, 6.45) is 0.438. The summed E-state index contributed by atoms with van der Waals surface area (Å²) in [4.78, 5) is 11.6. The van der Waals surface area contributed by atoms with Crippen molar-refractivity contribution in [2.75, 3.05) is 21.3 Å². The predicted molar refractivity (Wildman–Crippen MR) is 87.0 cm³/mol. The molecular formula is C18H20O5. The van der Waals surface area contributed by atoms with Gasteiger partial charge in [0.1, 0.15) is 22.8 Å². The highest BCUT2D eigenvalue weighted by atomic mass is 16.5. The maximum Gasteiger partial charge on any atom is 0.339 e. The summed E-state index contributed by atoms with van der Waals surface area (Å²) in [6.45, 7) is 1.91. The maximum atomic E-state index is 11.6. The van der Waals surface area contributed by atoms with E-state index >= 15 is 0 Å². The molecule has 0 atom stereocenters. The Morgan fingerprint density at radius 3 is 2.04 bits per heavy atom. The number of benzene rings is 2. The third-order valence-corrected chi connectivity index (χ3v) is 3.57. The van der Waals surface area contributed by atoms with Gasteiger partial charge in [-0.05, 0) is 48.2 Å². The molecule has 2 aromatic carbocycles. The summed E-state index contributed by atoms with van der Waals surface area (Å²) in [7, 11) is 4.63. The molecule has 0 aromatic heterocycles. The van der Waals surface area contributed by atoms with Crippen LogP contribution in [-0.4, -0.2) is 32.4 Å². The summed E-state index contributed by atoms with van der Waals surface area (Å²) >= 11 is 0. The molecule has 122 valence electrons. The third kappa shape index (κ3) is 3.74. The van der Waals surface area contributed by atoms with Crippen molar-refractivity contribution in [1.82, 2.24) is 0 Å². The van der Waals surface area contributed by atoms with Gasteiger partial charge in [0.25, 0.3) is 0 Å². The van der Waals surface area contributed by atoms with Crippen molar-refractivity contribution < 1.29 is 24.1 Å². The molecule has 0 spiro atoms. The SMILES string of the molecule is COc1cc(Cc2cc(C)cc(OC)c2C(=O)O)cc(OC)c1. The number of carboxylic acids is 1. The first-order valence-electron chi connectivity index (χ1n) is 7.11. The number of hydrogen-bond donors (Lipinski definition) is 1. The van der Waals surface area contributed by atoms with Crippen molar-refractivity contribution in [1.29, 1.82) is 0 Å². The van der Waals surface area contributed by atoms with Crippen molar-refractivity contribution in [2.24, 2.45) is 0 Å². The molecule has 0 aliphatic heterocycles. The summed E-state index contributed by atoms with van der Waals surface area (Å²) in [5.74, 6) is 0.681. The number of carboxylic acid groups (broad SMARTS) is 1. The number of aromatic carboxylic acids is 1. The fourth-order valence-corrected chi connectivity index (χ4v) is 2.56. The molecule has 2 aromatic rings. The normalized spacial score (nSPS) is 10.3. The van der Waals surface area contributed by atoms with E-state index in [9.17, 15) is 9.90 Å². The number of methoxy groups -OCH3 is 3. The van der Waals surface area contributed by atoms with Crippen LogP contribution in [0.25, 0.3) is 0 Å². The van der Waals surface area contributed by atoms with E-state index in [-0.39, 0.29) is 5.56 Å². The largest absolute Gasteiger partial charge is 0.497 e. The topological polar surface area (TPSA) is 65.0 Å². The van der Waals surface area contributed by atoms with Crippen LogP contribution in [0.15, 0.2) is 30.3 Å². The molecule has 0 aliphatic rings. The molecule has 0 saturated heterocycles. The molecule has 23 heavy (non-hydrogen) atoms. The highest BCUT2D eigenvalue weighted by Crippen LogP contribution is 2.29. The Kier molecular flexibility index (Phi) is 5.11. The van der Waals surface area contributed by atoms with Gasteiger partial charge in [-0.2, -0.15) is 0 Å². The molecule has 0 radical (unpaired) electrons. The Hall–Kier alpha value is -2.69. The average molecular weight is 316 g/mol. The lowest BCUT2D eigenvalue weighted by Crippen LogP contribution is -2.07. The van der Waals surface area contributed by atoms with Crippen molar-refractivity contribution in [2.45, 2.75) is 13.3 Å². The number of aryl methyl sites for hydroxylation is 1. The highest BCUT2D eigenvalue weighted by Gasteiger charge is 2.18. The van der Waals surface area contributed by atoms with Gasteiger partial charge in [-0.25, -0.2) is 4.79 Å². The second-order valence-electron chi connectivity index (χ2n) is 5.20. The Morgan fingerprint density at radius 2 is 1.57 bits per heavy atom. The van der Waals surface area contributed by atoms with Crippen molar-refractivity contribution in [3.63, 3.8) is 0 Å². The smallest absolute Gasteiger partial charge is 0.339 e. The van der Waals surface area contributed by atoms with E-state index in [4.69, 9.17) is 14.2 Å². The fourth-order valence-electron chi connectivity index (χ4n) is 2.56. The maximum absolute atomic E-state index is 11.6. The second kappa shape index (κ2) is 7.05. The predicted octanol–water partition coefficient (Wildman–Crippen LogP) is 3.31. The second-order valence-corrected chi connectivity index (χ2v) is 5.20. The van der Waals surface area contributed by atoms with Gasteiger partial charge in [0.05, 0.1) is 21.3 Å². The first-order valence-corrected chi connectivity index (χ1v) is 7.11. The van der Waals surface area contributed by atoms with E-state index in [0.717, 1.165) is 11.1 Å². The molecule has 5 heteroatoms. The highest BCUT2D eigenvalue weighted by molar-refractivity contribution is 5.93. The van der Waals surface area contributed by atoms with Crippen LogP contribution in [0.2, 0.25) is 0 Å². The van der Waals surface area contributed by atoms with Gasteiger partial charge in [0.15, 0.2) is 0 Å². The molecule has 0 fully saturated rings. The standard InChI is InChI=1S/C18H20O5/c1-11-5-13(17(18(19)20)16(6-11)23-4)7-12-8-14(21-2)10-15(9-12)22-3/h5-6,8-10H,7H2,1-4H3,(H,19,20). The minimum absolute atomic E-state index is 0.180. The minimum Gasteiger partial charge on any atom is -0.497 e. The molecule has 0 saturated carbocycles. The van der Waals surface area contributed by atoms with Crippen LogP contribution in [0.3, 0.4) is 0 Å². The van der Waals surface area contributed by atoms with Crippen molar-refractivity contribution in [3.8, 4) is 17.2 Å². The Bertz CT molecular complexity index is 699. The van der Waals surface area contributed by atoms with E-state index in [0.29, 0.717) is 29.2 Å². The van der Waals surface area contributed by atoms with Gasteiger partial charge in [0, 0.05) is 6.07 Å². The number of ether oxygens (including phenoxy) is 3. The van der Waals surface area contributed by atoms with Gasteiger partial charge in [-0.1, -0.05) is 6.07 Å². The molecule has 0 unspecified atom stereocenters. The van der Waals surface area contributed by atoms with Crippen molar-refractivity contribution >= 4 is 5.97 Å². The molecular weight excluding hydrogens is 296 g/mol. The number of carbonyl (C=O) groups is 1. The number of rotatable bonds is 6. The van der Waals surface area contributed by atoms with E-state index in [2.05, 4.69) is 0 Å². The zero-order valence-electron chi connectivity index (χ0n) is 13.7. The fraction of sp³-hybridized carbons (Fsp3) is 0.278. The molecule has 5 nitrogen and oxygen atoms in total. The Morgan fingerprint density at radius 1 is 0.957 bits per heavy atom. The summed E-state index contributed by atoms with van der Waals surface area (Å²) < 4.78 is 15.7. The van der Waals surface area contributed by atoms with Crippen LogP contribution in [0.4, 0.5) is 0 Å². The monoisotopic (exact) mass is 316 g/mol. The van der Waals surface area contributed by atoms with Gasteiger partial charge < -0.3 is 19.3 Å². The third-order valence-electron chi connectivity index (χ3n) is 3.57. The summed E-state index contributed by atoms with van der Waals surface area (Å²) in [6, 6.07) is 9.08. The average Bonchev–Trinajstić information content (AvgIpc) is 2.53. The van der Waals surface area contributed by atoms with Gasteiger partial charge >= 0.3 is 5.97 Å². The van der Waals surface area contributed by atoms with Crippen LogP contribution in [0.1, 0.15) is 27.0 Å². The van der Waals surface area contributed by atoms with Crippen LogP contribution >= 0.6 is 0 Å². The van der Waals surface area contributed by atoms with Crippen LogP contribution in [0.5, 0.6) is 17.2 Å². The van der Waals surface area contributed by atoms with Crippen LogP contribution in [-0.2, 0) is 6.42 Å². The van der Waals surface area contributed by atoms with E-state index in [1.807, 2.05) is 25.1 Å². The molecule has 1 N–H and O–H groups in total. The van der Waals surface area contributed by atoms with Crippen molar-refractivity contribution in [3.05, 3.63) is 52.6 Å². The number of hydrogen-bond acceptors (Lipinski definition) is 4. The van der Waals surface area contributed by atoms with Crippen LogP contribution in [0, 0.1) is 6.92 Å². The Labute approximate surface area is 135 Å². The zero-order valence-corrected chi connectivity index (χ0v) is 13.7. The first-order chi connectivity index (χ1) is 11.0. The quantitative estimate of drug-likeness (QED) is 0.885. The molecule has 0 bridgehead atoms. The Balaban J connectivity index is 2.51. The van der Waals surface area contributed by atoms with E-state index in [1.165, 1.54) is 7.11 Å². The molecule has 0 aliphatic carbocycles. The zero-order chi connectivity index (χ0) is 17.0. The van der Waals surface area contributed by atoms with Crippen LogP contribution < -0.4 is 14.2 Å². The molecule has 0 amide bonds. The summed E-state index contributed by atoms with van der Waals surface area (Å²) in [5.41, 5.74) is 2.71. The molecule has 0 heterocycles. The summed E-state index contributed by atoms with van der Waals surface area (Å²) in [5, 5.41) is 9.52. The van der Waals surface area contributed by atoms with Gasteiger partial charge in [-0.3, -0.25) is 0 Å². The molecule has 2 rings (SSSR count). The van der Waals surface area contributed by atoms with Gasteiger partial charge in [-0.15, -0.1) is 0 Å². The first kappa shape index (κ1) is 16.7. The lowest BCUT2D eigenvalue weighted by molar-refractivity contribution is 0.0692. The van der Waals surface area contributed by atoms with Gasteiger partial charge in [0.2, 0.25) is 0 Å². The lowest BCUT2D eigenvalue weighted by Gasteiger charge is -2.14. The minimum atomic E-state index is -1.01. The van der Waals surface area contributed by atoms with E-state index in [1.54, 1.807) is 26.4 Å².